The minimum absolute atomic E-state index is 0.0650. The van der Waals surface area contributed by atoms with Crippen LogP contribution in [0.25, 0.3) is 50.4 Å². The van der Waals surface area contributed by atoms with Crippen LogP contribution in [0.1, 0.15) is 42.7 Å². The lowest BCUT2D eigenvalue weighted by Gasteiger charge is -2.24. The van der Waals surface area contributed by atoms with Crippen molar-refractivity contribution in [2.24, 2.45) is 0 Å². The van der Waals surface area contributed by atoms with Crippen LogP contribution in [0.5, 0.6) is 0 Å². The molecule has 0 bridgehead atoms. The third-order valence-corrected chi connectivity index (χ3v) is 8.77. The summed E-state index contributed by atoms with van der Waals surface area (Å²) < 4.78 is 6.40. The number of hydrogen-bond acceptors (Lipinski definition) is 3. The number of hydrogen-bond donors (Lipinski definition) is 1. The van der Waals surface area contributed by atoms with Crippen LogP contribution in [-0.2, 0) is 11.8 Å². The monoisotopic (exact) mass is 530 g/mol. The SMILES string of the molecule is CC1(C)c2ccccc2-c2cccc(-c3cccc(Nc4cc(-c5cccnc5)c5oc6c(c5c4)CCC=C6)c3)c21. The highest BCUT2D eigenvalue weighted by Gasteiger charge is 2.37. The lowest BCUT2D eigenvalue weighted by Crippen LogP contribution is -2.16. The highest BCUT2D eigenvalue weighted by atomic mass is 16.3. The van der Waals surface area contributed by atoms with Crippen molar-refractivity contribution in [3.8, 4) is 33.4 Å². The Kier molecular flexibility index (Phi) is 5.30. The highest BCUT2D eigenvalue weighted by Crippen LogP contribution is 2.52. The Bertz CT molecular complexity index is 2000. The molecule has 0 radical (unpaired) electrons. The molecule has 0 unspecified atom stereocenters. The van der Waals surface area contributed by atoms with Gasteiger partial charge in [0.15, 0.2) is 0 Å². The minimum atomic E-state index is -0.0650. The Balaban J connectivity index is 1.23. The van der Waals surface area contributed by atoms with E-state index in [1.807, 2.05) is 18.5 Å². The highest BCUT2D eigenvalue weighted by molar-refractivity contribution is 5.99. The molecule has 0 aliphatic heterocycles. The first-order valence-corrected chi connectivity index (χ1v) is 14.3. The van der Waals surface area contributed by atoms with Gasteiger partial charge in [-0.05, 0) is 82.6 Å². The van der Waals surface area contributed by atoms with Gasteiger partial charge in [0.2, 0.25) is 0 Å². The van der Waals surface area contributed by atoms with Crippen LogP contribution in [0.2, 0.25) is 0 Å². The van der Waals surface area contributed by atoms with Crippen molar-refractivity contribution in [3.63, 3.8) is 0 Å². The molecule has 3 nitrogen and oxygen atoms in total. The first-order chi connectivity index (χ1) is 20.1. The van der Waals surface area contributed by atoms with Gasteiger partial charge in [-0.15, -0.1) is 0 Å². The molecular weight excluding hydrogens is 500 g/mol. The van der Waals surface area contributed by atoms with Crippen molar-refractivity contribution in [2.75, 3.05) is 5.32 Å². The van der Waals surface area contributed by atoms with Crippen molar-refractivity contribution < 1.29 is 4.42 Å². The van der Waals surface area contributed by atoms with Crippen molar-refractivity contribution in [1.82, 2.24) is 4.98 Å². The average Bonchev–Trinajstić information content (AvgIpc) is 3.50. The van der Waals surface area contributed by atoms with Gasteiger partial charge in [-0.2, -0.15) is 0 Å². The molecule has 2 aliphatic carbocycles. The van der Waals surface area contributed by atoms with E-state index in [1.54, 1.807) is 0 Å². The number of furan rings is 1. The number of aryl methyl sites for hydroxylation is 1. The zero-order chi connectivity index (χ0) is 27.6. The molecule has 2 aliphatic rings. The van der Waals surface area contributed by atoms with Crippen LogP contribution in [0.3, 0.4) is 0 Å². The van der Waals surface area contributed by atoms with E-state index >= 15 is 0 Å². The third kappa shape index (κ3) is 3.76. The predicted octanol–water partition coefficient (Wildman–Crippen LogP) is 10.2. The largest absolute Gasteiger partial charge is 0.456 e. The van der Waals surface area contributed by atoms with Crippen LogP contribution in [0.15, 0.2) is 114 Å². The number of fused-ring (bicyclic) bond motifs is 6. The fraction of sp³-hybridized carbons (Fsp3) is 0.132. The van der Waals surface area contributed by atoms with Gasteiger partial charge in [-0.25, -0.2) is 0 Å². The number of benzene rings is 4. The third-order valence-electron chi connectivity index (χ3n) is 8.77. The quantitative estimate of drug-likeness (QED) is 0.246. The molecule has 41 heavy (non-hydrogen) atoms. The molecule has 2 heterocycles. The molecule has 0 fully saturated rings. The van der Waals surface area contributed by atoms with Crippen molar-refractivity contribution in [3.05, 3.63) is 132 Å². The smallest absolute Gasteiger partial charge is 0.143 e. The molecule has 8 rings (SSSR count). The summed E-state index contributed by atoms with van der Waals surface area (Å²) in [5, 5.41) is 4.91. The minimum Gasteiger partial charge on any atom is -0.456 e. The summed E-state index contributed by atoms with van der Waals surface area (Å²) in [6.07, 6.45) is 10.0. The van der Waals surface area contributed by atoms with Crippen molar-refractivity contribution in [2.45, 2.75) is 32.1 Å². The van der Waals surface area contributed by atoms with E-state index in [1.165, 1.54) is 44.3 Å². The van der Waals surface area contributed by atoms with Gasteiger partial charge in [0.25, 0.3) is 0 Å². The fourth-order valence-corrected chi connectivity index (χ4v) is 6.91. The van der Waals surface area contributed by atoms with Crippen LogP contribution < -0.4 is 5.32 Å². The normalized spacial score (nSPS) is 14.5. The summed E-state index contributed by atoms with van der Waals surface area (Å²) >= 11 is 0. The topological polar surface area (TPSA) is 38.1 Å². The Hall–Kier alpha value is -4.89. The molecule has 4 aromatic carbocycles. The zero-order valence-corrected chi connectivity index (χ0v) is 23.2. The van der Waals surface area contributed by atoms with E-state index in [-0.39, 0.29) is 5.41 Å². The van der Waals surface area contributed by atoms with E-state index in [9.17, 15) is 0 Å². The molecule has 0 saturated heterocycles. The summed E-state index contributed by atoms with van der Waals surface area (Å²) in [4.78, 5) is 4.39. The number of anilines is 2. The number of nitrogens with one attached hydrogen (secondary N) is 1. The van der Waals surface area contributed by atoms with Gasteiger partial charge in [0.1, 0.15) is 11.3 Å². The second-order valence-corrected chi connectivity index (χ2v) is 11.6. The summed E-state index contributed by atoms with van der Waals surface area (Å²) in [5.74, 6) is 0.970. The maximum absolute atomic E-state index is 6.40. The lowest BCUT2D eigenvalue weighted by molar-refractivity contribution is 0.596. The molecule has 0 amide bonds. The summed E-state index contributed by atoms with van der Waals surface area (Å²) in [5.41, 5.74) is 14.3. The number of pyridine rings is 1. The van der Waals surface area contributed by atoms with E-state index in [2.05, 4.69) is 121 Å². The van der Waals surface area contributed by atoms with E-state index in [0.717, 1.165) is 46.7 Å². The Labute approximate surface area is 240 Å². The molecule has 6 aromatic rings. The molecule has 1 N–H and O–H groups in total. The standard InChI is InChI=1S/C38H30N2O/c1-38(2)34-17-5-3-13-29(34)31-16-8-15-28(36(31)38)24-10-7-12-26(20-24)40-27-21-32(25-11-9-19-39-23-25)37-33(22-27)30-14-4-6-18-35(30)41-37/h3,5-13,15-23,40H,4,14H2,1-2H3. The van der Waals surface area contributed by atoms with Crippen LogP contribution >= 0.6 is 0 Å². The molecule has 0 saturated carbocycles. The molecule has 0 spiro atoms. The van der Waals surface area contributed by atoms with Gasteiger partial charge in [-0.1, -0.05) is 80.6 Å². The van der Waals surface area contributed by atoms with Crippen molar-refractivity contribution in [1.29, 1.82) is 0 Å². The molecular formula is C38H30N2O. The molecule has 2 aromatic heterocycles. The van der Waals surface area contributed by atoms with Crippen molar-refractivity contribution >= 4 is 28.4 Å². The fourth-order valence-electron chi connectivity index (χ4n) is 6.91. The summed E-state index contributed by atoms with van der Waals surface area (Å²) in [6, 6.07) is 32.8. The van der Waals surface area contributed by atoms with E-state index in [4.69, 9.17) is 4.42 Å². The molecule has 198 valence electrons. The second kappa shape index (κ2) is 9.07. The maximum Gasteiger partial charge on any atom is 0.143 e. The predicted molar refractivity (Wildman–Crippen MR) is 170 cm³/mol. The van der Waals surface area contributed by atoms with Gasteiger partial charge in [-0.3, -0.25) is 4.98 Å². The van der Waals surface area contributed by atoms with Crippen LogP contribution in [0, 0.1) is 0 Å². The zero-order valence-electron chi connectivity index (χ0n) is 23.2. The van der Waals surface area contributed by atoms with Crippen LogP contribution in [-0.4, -0.2) is 4.98 Å². The van der Waals surface area contributed by atoms with E-state index in [0.29, 0.717) is 0 Å². The van der Waals surface area contributed by atoms with Crippen LogP contribution in [0.4, 0.5) is 11.4 Å². The first kappa shape index (κ1) is 24.0. The molecule has 0 atom stereocenters. The van der Waals surface area contributed by atoms with Gasteiger partial charge < -0.3 is 9.73 Å². The Morgan fingerprint density at radius 1 is 0.756 bits per heavy atom. The van der Waals surface area contributed by atoms with Gasteiger partial charge in [0.05, 0.1) is 0 Å². The summed E-state index contributed by atoms with van der Waals surface area (Å²) in [7, 11) is 0. The molecule has 3 heteroatoms. The number of rotatable bonds is 4. The van der Waals surface area contributed by atoms with E-state index < -0.39 is 0 Å². The number of aromatic nitrogens is 1. The van der Waals surface area contributed by atoms with Gasteiger partial charge >= 0.3 is 0 Å². The maximum atomic E-state index is 6.40. The Morgan fingerprint density at radius 2 is 1.59 bits per heavy atom. The Morgan fingerprint density at radius 3 is 2.49 bits per heavy atom. The first-order valence-electron chi connectivity index (χ1n) is 14.3. The number of allylic oxidation sites excluding steroid dienone is 1. The summed E-state index contributed by atoms with van der Waals surface area (Å²) in [6.45, 7) is 4.69. The average molecular weight is 531 g/mol. The number of nitrogens with zero attached hydrogens (tertiary/aromatic N) is 1. The van der Waals surface area contributed by atoms with Gasteiger partial charge in [0, 0.05) is 51.3 Å². The second-order valence-electron chi connectivity index (χ2n) is 11.6. The lowest BCUT2D eigenvalue weighted by atomic mass is 9.79.